The summed E-state index contributed by atoms with van der Waals surface area (Å²) in [6.45, 7) is 0.356. The van der Waals surface area contributed by atoms with Crippen molar-refractivity contribution >= 4 is 17.5 Å². The first-order valence-corrected chi connectivity index (χ1v) is 13.4. The highest BCUT2D eigenvalue weighted by Crippen LogP contribution is 2.32. The van der Waals surface area contributed by atoms with Crippen molar-refractivity contribution in [2.24, 2.45) is 5.73 Å². The summed E-state index contributed by atoms with van der Waals surface area (Å²) in [6.07, 6.45) is 4.63. The predicted octanol–water partition coefficient (Wildman–Crippen LogP) is 2.79. The highest BCUT2D eigenvalue weighted by molar-refractivity contribution is 6.01. The molecule has 3 aromatic carbocycles. The average Bonchev–Trinajstić information content (AvgIpc) is 3.71. The van der Waals surface area contributed by atoms with Crippen molar-refractivity contribution in [1.29, 1.82) is 0 Å². The third-order valence-corrected chi connectivity index (χ3v) is 7.32. The number of benzene rings is 3. The van der Waals surface area contributed by atoms with E-state index in [-0.39, 0.29) is 11.8 Å². The second-order valence-corrected chi connectivity index (χ2v) is 10.0. The molecule has 11 nitrogen and oxygen atoms in total. The first-order valence-electron chi connectivity index (χ1n) is 13.4. The van der Waals surface area contributed by atoms with E-state index < -0.39 is 12.1 Å². The van der Waals surface area contributed by atoms with Gasteiger partial charge in [0.15, 0.2) is 0 Å². The van der Waals surface area contributed by atoms with Gasteiger partial charge in [-0.15, -0.1) is 10.2 Å². The Morgan fingerprint density at radius 2 is 1.83 bits per heavy atom. The number of aromatic nitrogens is 6. The lowest BCUT2D eigenvalue weighted by Gasteiger charge is -2.27. The number of rotatable bonds is 8. The smallest absolute Gasteiger partial charge is 0.249 e. The monoisotopic (exact) mass is 547 g/mol. The summed E-state index contributed by atoms with van der Waals surface area (Å²) in [5.74, 6) is -0.00846. The number of anilines is 1. The molecule has 206 valence electrons. The van der Waals surface area contributed by atoms with Crippen molar-refractivity contribution in [3.05, 3.63) is 102 Å². The molecule has 11 heteroatoms. The molecule has 0 aliphatic carbocycles. The van der Waals surface area contributed by atoms with Crippen molar-refractivity contribution < 1.29 is 9.59 Å². The molecule has 0 bridgehead atoms. The van der Waals surface area contributed by atoms with Gasteiger partial charge >= 0.3 is 0 Å². The van der Waals surface area contributed by atoms with Crippen LogP contribution in [0.4, 0.5) is 5.69 Å². The third-order valence-electron chi connectivity index (χ3n) is 7.32. The van der Waals surface area contributed by atoms with Crippen LogP contribution in [0.5, 0.6) is 0 Å². The van der Waals surface area contributed by atoms with E-state index in [2.05, 4.69) is 35.9 Å². The summed E-state index contributed by atoms with van der Waals surface area (Å²) >= 11 is 0. The molecule has 3 heterocycles. The Balaban J connectivity index is 1.22. The topological polar surface area (TPSA) is 159 Å². The zero-order valence-electron chi connectivity index (χ0n) is 22.2. The third kappa shape index (κ3) is 5.61. The number of nitrogens with one attached hydrogen (secondary N) is 3. The summed E-state index contributed by atoms with van der Waals surface area (Å²) < 4.78 is 0. The maximum absolute atomic E-state index is 13.9. The minimum absolute atomic E-state index is 0.163. The zero-order chi connectivity index (χ0) is 28.2. The van der Waals surface area contributed by atoms with Crippen LogP contribution in [0.1, 0.15) is 23.2 Å². The summed E-state index contributed by atoms with van der Waals surface area (Å²) in [4.78, 5) is 35.5. The Bertz CT molecular complexity index is 1630. The summed E-state index contributed by atoms with van der Waals surface area (Å²) in [7, 11) is 0. The maximum Gasteiger partial charge on any atom is 0.249 e. The number of tetrazole rings is 1. The average molecular weight is 548 g/mol. The largest absolute Gasteiger partial charge is 0.348 e. The number of nitrogens with zero attached hydrogens (tertiary/aromatic N) is 5. The lowest BCUT2D eigenvalue weighted by Crippen LogP contribution is -2.52. The molecule has 0 radical (unpaired) electrons. The Morgan fingerprint density at radius 3 is 2.59 bits per heavy atom. The van der Waals surface area contributed by atoms with Gasteiger partial charge in [-0.25, -0.2) is 4.98 Å². The van der Waals surface area contributed by atoms with Gasteiger partial charge in [-0.05, 0) is 46.4 Å². The van der Waals surface area contributed by atoms with Crippen LogP contribution in [0.3, 0.4) is 0 Å². The van der Waals surface area contributed by atoms with Crippen LogP contribution in [0.2, 0.25) is 0 Å². The molecule has 41 heavy (non-hydrogen) atoms. The van der Waals surface area contributed by atoms with Crippen molar-refractivity contribution in [2.75, 3.05) is 4.90 Å². The van der Waals surface area contributed by atoms with Crippen molar-refractivity contribution in [3.63, 3.8) is 0 Å². The van der Waals surface area contributed by atoms with Crippen molar-refractivity contribution in [3.8, 4) is 22.5 Å². The molecule has 0 spiro atoms. The van der Waals surface area contributed by atoms with Crippen molar-refractivity contribution in [1.82, 2.24) is 35.9 Å². The SMILES string of the molecule is N[C@@H](Cc1cnc[nH]1)C(=O)N[C@@H]1CCc2ccccc2N(Cc2ccc(-c3ccccc3-c3nn[nH]n3)cc2)C1=O. The number of amides is 2. The van der Waals surface area contributed by atoms with E-state index in [9.17, 15) is 9.59 Å². The van der Waals surface area contributed by atoms with Gasteiger partial charge in [0.2, 0.25) is 17.6 Å². The van der Waals surface area contributed by atoms with Crippen LogP contribution >= 0.6 is 0 Å². The summed E-state index contributed by atoms with van der Waals surface area (Å²) in [6, 6.07) is 22.3. The number of aromatic amines is 2. The fourth-order valence-corrected chi connectivity index (χ4v) is 5.20. The molecule has 5 N–H and O–H groups in total. The first-order chi connectivity index (χ1) is 20.1. The van der Waals surface area contributed by atoms with Gasteiger partial charge in [0.25, 0.3) is 0 Å². The number of aryl methyl sites for hydroxylation is 1. The van der Waals surface area contributed by atoms with Gasteiger partial charge in [0.1, 0.15) is 6.04 Å². The molecule has 2 atom stereocenters. The first kappa shape index (κ1) is 26.1. The van der Waals surface area contributed by atoms with Gasteiger partial charge in [0.05, 0.1) is 18.9 Å². The Morgan fingerprint density at radius 1 is 1.05 bits per heavy atom. The van der Waals surface area contributed by atoms with E-state index in [4.69, 9.17) is 5.73 Å². The molecule has 0 fully saturated rings. The molecular formula is C30H29N9O2. The number of para-hydroxylation sites is 1. The molecule has 1 aliphatic heterocycles. The second-order valence-electron chi connectivity index (χ2n) is 10.0. The minimum Gasteiger partial charge on any atom is -0.348 e. The number of hydrogen-bond donors (Lipinski definition) is 4. The lowest BCUT2D eigenvalue weighted by atomic mass is 9.98. The predicted molar refractivity (Wildman–Crippen MR) is 153 cm³/mol. The number of nitrogens with two attached hydrogens (primary N) is 1. The Hall–Kier alpha value is -5.16. The lowest BCUT2D eigenvalue weighted by molar-refractivity contribution is -0.128. The van der Waals surface area contributed by atoms with Gasteiger partial charge < -0.3 is 20.9 Å². The highest BCUT2D eigenvalue weighted by atomic mass is 16.2. The van der Waals surface area contributed by atoms with Gasteiger partial charge in [0, 0.05) is 29.6 Å². The highest BCUT2D eigenvalue weighted by Gasteiger charge is 2.32. The van der Waals surface area contributed by atoms with Gasteiger partial charge in [-0.2, -0.15) is 5.21 Å². The van der Waals surface area contributed by atoms with E-state index >= 15 is 0 Å². The maximum atomic E-state index is 13.9. The molecule has 0 saturated carbocycles. The zero-order valence-corrected chi connectivity index (χ0v) is 22.2. The van der Waals surface area contributed by atoms with Crippen LogP contribution in [0, 0.1) is 0 Å². The fraction of sp³-hybridized carbons (Fsp3) is 0.200. The summed E-state index contributed by atoms with van der Waals surface area (Å²) in [5, 5.41) is 17.4. The second kappa shape index (κ2) is 11.5. The molecular weight excluding hydrogens is 518 g/mol. The van der Waals surface area contributed by atoms with Gasteiger partial charge in [-0.1, -0.05) is 66.7 Å². The number of hydrogen-bond acceptors (Lipinski definition) is 7. The quantitative estimate of drug-likeness (QED) is 0.232. The Kier molecular flexibility index (Phi) is 7.33. The Labute approximate surface area is 236 Å². The minimum atomic E-state index is -0.801. The molecule has 5 aromatic rings. The van der Waals surface area contributed by atoms with E-state index in [0.717, 1.165) is 39.2 Å². The van der Waals surface area contributed by atoms with E-state index in [1.807, 2.05) is 72.8 Å². The molecule has 2 amide bonds. The standard InChI is InChI=1S/C30H29N9O2/c31-25(15-22-16-32-18-33-22)29(40)34-26-14-13-21-5-1-4-8-27(21)39(30(26)41)17-19-9-11-20(12-10-19)23-6-2-3-7-24(23)28-35-37-38-36-28/h1-12,16,18,25-26H,13-15,17,31H2,(H,32,33)(H,34,40)(H,35,36,37,38)/t25-,26+/m0/s1. The van der Waals surface area contributed by atoms with E-state index in [1.54, 1.807) is 17.4 Å². The van der Waals surface area contributed by atoms with Crippen LogP contribution in [-0.4, -0.2) is 54.5 Å². The van der Waals surface area contributed by atoms with Crippen molar-refractivity contribution in [2.45, 2.75) is 37.9 Å². The molecule has 2 aromatic heterocycles. The van der Waals surface area contributed by atoms with Crippen LogP contribution in [0.15, 0.2) is 85.3 Å². The molecule has 6 rings (SSSR count). The van der Waals surface area contributed by atoms with E-state index in [1.165, 1.54) is 0 Å². The van der Waals surface area contributed by atoms with Crippen LogP contribution in [-0.2, 0) is 29.0 Å². The number of fused-ring (bicyclic) bond motifs is 1. The van der Waals surface area contributed by atoms with Crippen LogP contribution in [0.25, 0.3) is 22.5 Å². The molecule has 1 aliphatic rings. The normalized spacial score (nSPS) is 15.7. The number of H-pyrrole nitrogens is 2. The van der Waals surface area contributed by atoms with Crippen LogP contribution < -0.4 is 16.0 Å². The molecule has 0 saturated heterocycles. The number of carbonyl (C=O) groups excluding carboxylic acids is 2. The molecule has 0 unspecified atom stereocenters. The number of carbonyl (C=O) groups is 2. The van der Waals surface area contributed by atoms with E-state index in [0.29, 0.717) is 31.6 Å². The number of imidazole rings is 1. The fourth-order valence-electron chi connectivity index (χ4n) is 5.20. The summed E-state index contributed by atoms with van der Waals surface area (Å²) in [5.41, 5.74) is 12.6. The van der Waals surface area contributed by atoms with Gasteiger partial charge in [-0.3, -0.25) is 9.59 Å².